The van der Waals surface area contributed by atoms with Gasteiger partial charge in [-0.1, -0.05) is 54.6 Å². The Bertz CT molecular complexity index is 847. The molecule has 25 heavy (non-hydrogen) atoms. The van der Waals surface area contributed by atoms with Gasteiger partial charge in [0.25, 0.3) is 0 Å². The summed E-state index contributed by atoms with van der Waals surface area (Å²) in [6.07, 6.45) is -0.480. The lowest BCUT2D eigenvalue weighted by Crippen LogP contribution is -2.13. The van der Waals surface area contributed by atoms with Crippen molar-refractivity contribution in [3.63, 3.8) is 0 Å². The Balaban J connectivity index is 1.72. The van der Waals surface area contributed by atoms with Crippen molar-refractivity contribution in [3.05, 3.63) is 84.4 Å². The van der Waals surface area contributed by atoms with Gasteiger partial charge in [-0.25, -0.2) is 4.79 Å². The van der Waals surface area contributed by atoms with Crippen molar-refractivity contribution < 1.29 is 14.3 Å². The molecule has 4 nitrogen and oxygen atoms in total. The second-order valence-corrected chi connectivity index (χ2v) is 5.46. The van der Waals surface area contributed by atoms with Crippen LogP contribution in [-0.2, 0) is 11.3 Å². The second kappa shape index (κ2) is 8.02. The summed E-state index contributed by atoms with van der Waals surface area (Å²) in [7, 11) is 1.64. The van der Waals surface area contributed by atoms with Crippen LogP contribution in [0.5, 0.6) is 5.75 Å². The number of ether oxygens (including phenoxy) is 2. The van der Waals surface area contributed by atoms with Crippen LogP contribution in [0.25, 0.3) is 11.1 Å². The first kappa shape index (κ1) is 16.6. The second-order valence-electron chi connectivity index (χ2n) is 5.46. The van der Waals surface area contributed by atoms with E-state index < -0.39 is 6.09 Å². The molecule has 0 heterocycles. The molecule has 0 radical (unpaired) electrons. The van der Waals surface area contributed by atoms with Crippen LogP contribution in [-0.4, -0.2) is 13.2 Å². The molecule has 0 aliphatic heterocycles. The largest absolute Gasteiger partial charge is 0.497 e. The number of anilines is 1. The fourth-order valence-electron chi connectivity index (χ4n) is 2.54. The number of methoxy groups -OCH3 is 1. The zero-order valence-electron chi connectivity index (χ0n) is 13.9. The third-order valence-corrected chi connectivity index (χ3v) is 3.78. The summed E-state index contributed by atoms with van der Waals surface area (Å²) in [5.41, 5.74) is 3.66. The van der Waals surface area contributed by atoms with Crippen LogP contribution in [0.1, 0.15) is 5.56 Å². The quantitative estimate of drug-likeness (QED) is 0.706. The van der Waals surface area contributed by atoms with E-state index in [1.165, 1.54) is 0 Å². The van der Waals surface area contributed by atoms with Gasteiger partial charge < -0.3 is 9.47 Å². The summed E-state index contributed by atoms with van der Waals surface area (Å²) < 4.78 is 10.7. The lowest BCUT2D eigenvalue weighted by molar-refractivity contribution is 0.155. The van der Waals surface area contributed by atoms with Crippen molar-refractivity contribution in [3.8, 4) is 16.9 Å². The fraction of sp³-hybridized carbons (Fsp3) is 0.0952. The average molecular weight is 333 g/mol. The van der Waals surface area contributed by atoms with E-state index in [4.69, 9.17) is 9.47 Å². The van der Waals surface area contributed by atoms with Gasteiger partial charge in [0.1, 0.15) is 12.4 Å². The summed E-state index contributed by atoms with van der Waals surface area (Å²) in [5, 5.41) is 2.71. The molecule has 0 unspecified atom stereocenters. The Morgan fingerprint density at radius 3 is 2.48 bits per heavy atom. The van der Waals surface area contributed by atoms with Crippen LogP contribution in [0.2, 0.25) is 0 Å². The third kappa shape index (κ3) is 4.38. The Hall–Kier alpha value is -3.27. The Labute approximate surface area is 147 Å². The molecule has 1 amide bonds. The molecular weight excluding hydrogens is 314 g/mol. The van der Waals surface area contributed by atoms with E-state index >= 15 is 0 Å². The first-order valence-electron chi connectivity index (χ1n) is 7.97. The number of benzene rings is 3. The summed E-state index contributed by atoms with van der Waals surface area (Å²) in [6, 6.07) is 24.9. The van der Waals surface area contributed by atoms with Gasteiger partial charge in [-0.2, -0.15) is 0 Å². The maximum absolute atomic E-state index is 12.0. The van der Waals surface area contributed by atoms with Crippen molar-refractivity contribution in [1.82, 2.24) is 0 Å². The number of carbonyl (C=O) groups excluding carboxylic acids is 1. The van der Waals surface area contributed by atoms with Crippen molar-refractivity contribution in [2.45, 2.75) is 6.61 Å². The molecule has 1 N–H and O–H groups in total. The Morgan fingerprint density at radius 1 is 0.920 bits per heavy atom. The highest BCUT2D eigenvalue weighted by Crippen LogP contribution is 2.27. The number of hydrogen-bond acceptors (Lipinski definition) is 3. The zero-order valence-corrected chi connectivity index (χ0v) is 13.9. The van der Waals surface area contributed by atoms with Gasteiger partial charge in [0.2, 0.25) is 0 Å². The molecule has 3 rings (SSSR count). The predicted octanol–water partition coefficient (Wildman–Crippen LogP) is 5.11. The van der Waals surface area contributed by atoms with E-state index in [0.717, 1.165) is 22.4 Å². The van der Waals surface area contributed by atoms with E-state index in [2.05, 4.69) is 5.32 Å². The molecular formula is C21H19NO3. The van der Waals surface area contributed by atoms with Crippen LogP contribution in [0.3, 0.4) is 0 Å². The average Bonchev–Trinajstić information content (AvgIpc) is 2.67. The number of amides is 1. The van der Waals surface area contributed by atoms with E-state index in [-0.39, 0.29) is 6.61 Å². The molecule has 0 saturated carbocycles. The maximum Gasteiger partial charge on any atom is 0.411 e. The lowest BCUT2D eigenvalue weighted by atomic mass is 10.00. The topological polar surface area (TPSA) is 47.6 Å². The van der Waals surface area contributed by atoms with Gasteiger partial charge in [-0.05, 0) is 41.0 Å². The molecule has 0 bridgehead atoms. The molecule has 3 aromatic carbocycles. The van der Waals surface area contributed by atoms with Crippen molar-refractivity contribution in [2.24, 2.45) is 0 Å². The standard InChI is InChI=1S/C21H19NO3/c1-24-19-12-7-9-16(14-19)20-13-6-5-8-17(20)15-25-21(23)22-18-10-3-2-4-11-18/h2-14H,15H2,1H3,(H,22,23). The van der Waals surface area contributed by atoms with E-state index in [1.54, 1.807) is 7.11 Å². The van der Waals surface area contributed by atoms with Gasteiger partial charge in [-0.3, -0.25) is 5.32 Å². The fourth-order valence-corrected chi connectivity index (χ4v) is 2.54. The smallest absolute Gasteiger partial charge is 0.411 e. The van der Waals surface area contributed by atoms with Crippen LogP contribution in [0, 0.1) is 0 Å². The third-order valence-electron chi connectivity index (χ3n) is 3.78. The highest BCUT2D eigenvalue weighted by atomic mass is 16.5. The minimum atomic E-state index is -0.480. The molecule has 0 spiro atoms. The molecule has 0 aliphatic rings. The van der Waals surface area contributed by atoms with Crippen molar-refractivity contribution in [2.75, 3.05) is 12.4 Å². The number of carbonyl (C=O) groups is 1. The minimum Gasteiger partial charge on any atom is -0.497 e. The van der Waals surface area contributed by atoms with Crippen LogP contribution in [0.4, 0.5) is 10.5 Å². The van der Waals surface area contributed by atoms with Gasteiger partial charge in [0, 0.05) is 5.69 Å². The normalized spacial score (nSPS) is 10.1. The van der Waals surface area contributed by atoms with Crippen LogP contribution < -0.4 is 10.1 Å². The SMILES string of the molecule is COc1cccc(-c2ccccc2COC(=O)Nc2ccccc2)c1. The number of hydrogen-bond donors (Lipinski definition) is 1. The molecule has 3 aromatic rings. The van der Waals surface area contributed by atoms with Gasteiger partial charge in [0.05, 0.1) is 7.11 Å². The summed E-state index contributed by atoms with van der Waals surface area (Å²) in [4.78, 5) is 12.0. The van der Waals surface area contributed by atoms with Crippen LogP contribution >= 0.6 is 0 Å². The number of para-hydroxylation sites is 1. The van der Waals surface area contributed by atoms with Gasteiger partial charge in [-0.15, -0.1) is 0 Å². The van der Waals surface area contributed by atoms with Crippen LogP contribution in [0.15, 0.2) is 78.9 Å². The molecule has 126 valence electrons. The molecule has 0 atom stereocenters. The molecule has 4 heteroatoms. The molecule has 0 aromatic heterocycles. The summed E-state index contributed by atoms with van der Waals surface area (Å²) >= 11 is 0. The highest BCUT2D eigenvalue weighted by Gasteiger charge is 2.09. The lowest BCUT2D eigenvalue weighted by Gasteiger charge is -2.12. The highest BCUT2D eigenvalue weighted by molar-refractivity contribution is 5.84. The first-order valence-corrected chi connectivity index (χ1v) is 7.97. The van der Waals surface area contributed by atoms with Crippen molar-refractivity contribution >= 4 is 11.8 Å². The predicted molar refractivity (Wildman–Crippen MR) is 98.7 cm³/mol. The van der Waals surface area contributed by atoms with E-state index in [1.807, 2.05) is 78.9 Å². The van der Waals surface area contributed by atoms with Gasteiger partial charge >= 0.3 is 6.09 Å². The zero-order chi connectivity index (χ0) is 17.5. The maximum atomic E-state index is 12.0. The number of nitrogens with one attached hydrogen (secondary N) is 1. The molecule has 0 aliphatic carbocycles. The van der Waals surface area contributed by atoms with Crippen molar-refractivity contribution in [1.29, 1.82) is 0 Å². The first-order chi connectivity index (χ1) is 12.3. The minimum absolute atomic E-state index is 0.187. The molecule has 0 fully saturated rings. The van der Waals surface area contributed by atoms with E-state index in [9.17, 15) is 4.79 Å². The van der Waals surface area contributed by atoms with E-state index in [0.29, 0.717) is 5.69 Å². The Kier molecular flexibility index (Phi) is 5.32. The monoisotopic (exact) mass is 333 g/mol. The molecule has 0 saturated heterocycles. The summed E-state index contributed by atoms with van der Waals surface area (Å²) in [6.45, 7) is 0.187. The summed E-state index contributed by atoms with van der Waals surface area (Å²) in [5.74, 6) is 0.787. The van der Waals surface area contributed by atoms with Gasteiger partial charge in [0.15, 0.2) is 0 Å². The number of rotatable bonds is 5. The Morgan fingerprint density at radius 2 is 1.68 bits per heavy atom.